The first kappa shape index (κ1) is 14.0. The molecule has 1 heterocycles. The molecule has 8 heteroatoms. The molecule has 2 aromatic rings. The van der Waals surface area contributed by atoms with E-state index in [1.54, 1.807) is 6.07 Å². The maximum absolute atomic E-state index is 12.0. The first-order valence-electron chi connectivity index (χ1n) is 5.52. The van der Waals surface area contributed by atoms with Crippen LogP contribution < -0.4 is 16.2 Å². The molecule has 1 aromatic heterocycles. The number of amides is 1. The van der Waals surface area contributed by atoms with Crippen molar-refractivity contribution < 1.29 is 13.2 Å². The fourth-order valence-corrected chi connectivity index (χ4v) is 2.10. The Morgan fingerprint density at radius 1 is 1.20 bits per heavy atom. The summed E-state index contributed by atoms with van der Waals surface area (Å²) in [4.78, 5) is 15.7. The van der Waals surface area contributed by atoms with Crippen LogP contribution in [0.5, 0.6) is 0 Å². The van der Waals surface area contributed by atoms with Gasteiger partial charge in [0.05, 0.1) is 4.90 Å². The number of nitrogens with one attached hydrogen (secondary N) is 1. The van der Waals surface area contributed by atoms with Gasteiger partial charge in [0.25, 0.3) is 5.91 Å². The molecule has 104 valence electrons. The van der Waals surface area contributed by atoms with Gasteiger partial charge in [0.15, 0.2) is 0 Å². The Morgan fingerprint density at radius 2 is 1.95 bits per heavy atom. The van der Waals surface area contributed by atoms with Gasteiger partial charge in [-0.3, -0.25) is 4.79 Å². The molecule has 0 aliphatic heterocycles. The molecule has 0 radical (unpaired) electrons. The minimum Gasteiger partial charge on any atom is -0.384 e. The molecule has 0 bridgehead atoms. The molecule has 1 aromatic carbocycles. The first-order valence-corrected chi connectivity index (χ1v) is 7.06. The van der Waals surface area contributed by atoms with Crippen LogP contribution in [-0.2, 0) is 10.0 Å². The Labute approximate surface area is 115 Å². The van der Waals surface area contributed by atoms with Crippen LogP contribution in [0.4, 0.5) is 11.5 Å². The maximum atomic E-state index is 12.0. The van der Waals surface area contributed by atoms with Crippen molar-refractivity contribution in [2.75, 3.05) is 11.1 Å². The number of anilines is 2. The molecular formula is C12H12N4O3S. The van der Waals surface area contributed by atoms with Crippen molar-refractivity contribution in [1.29, 1.82) is 0 Å². The quantitative estimate of drug-likeness (QED) is 0.761. The molecular weight excluding hydrogens is 280 g/mol. The summed E-state index contributed by atoms with van der Waals surface area (Å²) < 4.78 is 22.5. The third-order valence-corrected chi connectivity index (χ3v) is 3.37. The van der Waals surface area contributed by atoms with E-state index in [0.29, 0.717) is 11.3 Å². The molecule has 7 nitrogen and oxygen atoms in total. The van der Waals surface area contributed by atoms with Gasteiger partial charge in [-0.25, -0.2) is 18.5 Å². The molecule has 0 spiro atoms. The number of hydrogen-bond acceptors (Lipinski definition) is 5. The zero-order valence-electron chi connectivity index (χ0n) is 10.3. The number of pyridine rings is 1. The third kappa shape index (κ3) is 3.31. The zero-order valence-corrected chi connectivity index (χ0v) is 11.1. The predicted molar refractivity (Wildman–Crippen MR) is 74.4 cm³/mol. The number of benzene rings is 1. The Morgan fingerprint density at radius 3 is 2.60 bits per heavy atom. The summed E-state index contributed by atoms with van der Waals surface area (Å²) in [6.45, 7) is 0. The van der Waals surface area contributed by atoms with Crippen LogP contribution >= 0.6 is 0 Å². The molecule has 0 saturated carbocycles. The smallest absolute Gasteiger partial charge is 0.255 e. The van der Waals surface area contributed by atoms with Gasteiger partial charge in [-0.2, -0.15) is 0 Å². The number of carbonyl (C=O) groups is 1. The summed E-state index contributed by atoms with van der Waals surface area (Å²) in [5, 5.41) is 7.58. The number of primary sulfonamides is 1. The number of carbonyl (C=O) groups excluding carboxylic acids is 1. The van der Waals surface area contributed by atoms with Gasteiger partial charge in [-0.05, 0) is 30.3 Å². The molecule has 1 amide bonds. The lowest BCUT2D eigenvalue weighted by atomic mass is 10.2. The first-order chi connectivity index (χ1) is 9.36. The molecule has 5 N–H and O–H groups in total. The largest absolute Gasteiger partial charge is 0.384 e. The summed E-state index contributed by atoms with van der Waals surface area (Å²) in [5.74, 6) is -0.207. The highest BCUT2D eigenvalue weighted by atomic mass is 32.2. The average molecular weight is 292 g/mol. The molecule has 0 unspecified atom stereocenters. The lowest BCUT2D eigenvalue weighted by Gasteiger charge is -2.07. The van der Waals surface area contributed by atoms with E-state index >= 15 is 0 Å². The Kier molecular flexibility index (Phi) is 3.68. The lowest BCUT2D eigenvalue weighted by molar-refractivity contribution is 0.102. The van der Waals surface area contributed by atoms with E-state index in [-0.39, 0.29) is 10.7 Å². The van der Waals surface area contributed by atoms with Crippen molar-refractivity contribution in [3.63, 3.8) is 0 Å². The highest BCUT2D eigenvalue weighted by Crippen LogP contribution is 2.15. The number of hydrogen-bond donors (Lipinski definition) is 3. The average Bonchev–Trinajstić information content (AvgIpc) is 2.38. The maximum Gasteiger partial charge on any atom is 0.255 e. The summed E-state index contributed by atoms with van der Waals surface area (Å²) in [7, 11) is -3.81. The van der Waals surface area contributed by atoms with Gasteiger partial charge in [-0.15, -0.1) is 0 Å². The van der Waals surface area contributed by atoms with Crippen LogP contribution in [0.25, 0.3) is 0 Å². The van der Waals surface area contributed by atoms with E-state index in [1.807, 2.05) is 0 Å². The molecule has 0 aliphatic carbocycles. The van der Waals surface area contributed by atoms with Crippen molar-refractivity contribution in [2.24, 2.45) is 5.14 Å². The van der Waals surface area contributed by atoms with Crippen molar-refractivity contribution >= 4 is 27.4 Å². The van der Waals surface area contributed by atoms with Crippen LogP contribution in [0.1, 0.15) is 10.4 Å². The van der Waals surface area contributed by atoms with E-state index < -0.39 is 15.9 Å². The van der Waals surface area contributed by atoms with Gasteiger partial charge in [0.2, 0.25) is 10.0 Å². The van der Waals surface area contributed by atoms with Gasteiger partial charge < -0.3 is 11.1 Å². The molecule has 2 rings (SSSR count). The highest BCUT2D eigenvalue weighted by Gasteiger charge is 2.10. The lowest BCUT2D eigenvalue weighted by Crippen LogP contribution is -2.15. The van der Waals surface area contributed by atoms with E-state index in [4.69, 9.17) is 10.9 Å². The van der Waals surface area contributed by atoms with Crippen LogP contribution in [0, 0.1) is 0 Å². The standard InChI is InChI=1S/C12H12N4O3S/c13-11-6-8(4-5-15-11)12(17)16-9-2-1-3-10(7-9)20(14,18)19/h1-7H,(H2,13,15)(H,16,17)(H2,14,18,19). The van der Waals surface area contributed by atoms with Gasteiger partial charge in [0.1, 0.15) is 5.82 Å². The second-order valence-corrected chi connectivity index (χ2v) is 5.56. The van der Waals surface area contributed by atoms with Crippen LogP contribution in [0.15, 0.2) is 47.5 Å². The molecule has 0 saturated heterocycles. The highest BCUT2D eigenvalue weighted by molar-refractivity contribution is 7.89. The van der Waals surface area contributed by atoms with Crippen molar-refractivity contribution in [3.8, 4) is 0 Å². The van der Waals surface area contributed by atoms with Crippen LogP contribution in [-0.4, -0.2) is 19.3 Å². The third-order valence-electron chi connectivity index (χ3n) is 2.46. The number of sulfonamides is 1. The molecule has 0 fully saturated rings. The normalized spacial score (nSPS) is 11.1. The van der Waals surface area contributed by atoms with Gasteiger partial charge in [0, 0.05) is 17.4 Å². The van der Waals surface area contributed by atoms with Crippen molar-refractivity contribution in [1.82, 2.24) is 4.98 Å². The molecule has 0 atom stereocenters. The monoisotopic (exact) mass is 292 g/mol. The Bertz CT molecular complexity index is 759. The van der Waals surface area contributed by atoms with E-state index in [9.17, 15) is 13.2 Å². The van der Waals surface area contributed by atoms with Gasteiger partial charge >= 0.3 is 0 Å². The van der Waals surface area contributed by atoms with E-state index in [0.717, 1.165) is 0 Å². The van der Waals surface area contributed by atoms with Crippen molar-refractivity contribution in [2.45, 2.75) is 4.90 Å². The minimum absolute atomic E-state index is 0.0791. The summed E-state index contributed by atoms with van der Waals surface area (Å²) in [5.41, 5.74) is 6.12. The molecule has 0 aliphatic rings. The summed E-state index contributed by atoms with van der Waals surface area (Å²) >= 11 is 0. The summed E-state index contributed by atoms with van der Waals surface area (Å²) in [6, 6.07) is 8.56. The SMILES string of the molecule is Nc1cc(C(=O)Nc2cccc(S(N)(=O)=O)c2)ccn1. The van der Waals surface area contributed by atoms with Crippen molar-refractivity contribution in [3.05, 3.63) is 48.2 Å². The number of nitrogen functional groups attached to an aromatic ring is 1. The van der Waals surface area contributed by atoms with E-state index in [1.165, 1.54) is 36.5 Å². The number of aromatic nitrogens is 1. The minimum atomic E-state index is -3.81. The predicted octanol–water partition coefficient (Wildman–Crippen LogP) is 0.563. The van der Waals surface area contributed by atoms with Crippen LogP contribution in [0.2, 0.25) is 0 Å². The van der Waals surface area contributed by atoms with Crippen LogP contribution in [0.3, 0.4) is 0 Å². The van der Waals surface area contributed by atoms with E-state index in [2.05, 4.69) is 10.3 Å². The topological polar surface area (TPSA) is 128 Å². The second kappa shape index (κ2) is 5.27. The fraction of sp³-hybridized carbons (Fsp3) is 0. The zero-order chi connectivity index (χ0) is 14.8. The molecule has 20 heavy (non-hydrogen) atoms. The second-order valence-electron chi connectivity index (χ2n) is 4.00. The Hall–Kier alpha value is -2.45. The summed E-state index contributed by atoms with van der Waals surface area (Å²) in [6.07, 6.45) is 1.41. The number of nitrogens with two attached hydrogens (primary N) is 2. The number of rotatable bonds is 3. The number of nitrogens with zero attached hydrogens (tertiary/aromatic N) is 1. The van der Waals surface area contributed by atoms with Gasteiger partial charge in [-0.1, -0.05) is 6.07 Å². The fourth-order valence-electron chi connectivity index (χ4n) is 1.54. The Balaban J connectivity index is 2.25.